The van der Waals surface area contributed by atoms with Crippen LogP contribution in [0.25, 0.3) is 0 Å². The summed E-state index contributed by atoms with van der Waals surface area (Å²) in [6.45, 7) is 3.93. The predicted octanol–water partition coefficient (Wildman–Crippen LogP) is 1.73. The average Bonchev–Trinajstić information content (AvgIpc) is 3.10. The second kappa shape index (κ2) is 8.91. The van der Waals surface area contributed by atoms with Crippen LogP contribution in [0, 0.1) is 0 Å². The Balaban J connectivity index is 1.56. The van der Waals surface area contributed by atoms with Gasteiger partial charge in [-0.15, -0.1) is 0 Å². The van der Waals surface area contributed by atoms with E-state index in [9.17, 15) is 0 Å². The van der Waals surface area contributed by atoms with E-state index in [1.165, 1.54) is 5.56 Å². The molecular formula is C19H28N6O. The minimum atomic E-state index is 0.142. The molecule has 26 heavy (non-hydrogen) atoms. The third kappa shape index (κ3) is 4.68. The molecule has 0 bridgehead atoms. The van der Waals surface area contributed by atoms with Crippen molar-refractivity contribution in [3.05, 3.63) is 42.4 Å². The molecule has 3 rings (SSSR count). The van der Waals surface area contributed by atoms with E-state index in [0.717, 1.165) is 31.7 Å². The van der Waals surface area contributed by atoms with Crippen LogP contribution in [0.4, 0.5) is 11.8 Å². The zero-order valence-electron chi connectivity index (χ0n) is 15.7. The molecule has 1 saturated heterocycles. The van der Waals surface area contributed by atoms with Crippen molar-refractivity contribution in [3.8, 4) is 0 Å². The summed E-state index contributed by atoms with van der Waals surface area (Å²) in [7, 11) is 3.61. The molecule has 7 nitrogen and oxygen atoms in total. The Bertz CT molecular complexity index is 683. The van der Waals surface area contributed by atoms with Crippen molar-refractivity contribution < 1.29 is 4.74 Å². The first-order chi connectivity index (χ1) is 12.7. The molecule has 7 heteroatoms. The molecule has 2 N–H and O–H groups in total. The maximum absolute atomic E-state index is 5.72. The minimum Gasteiger partial charge on any atom is -0.378 e. The quantitative estimate of drug-likeness (QED) is 0.746. The molecule has 0 saturated carbocycles. The molecule has 1 fully saturated rings. The van der Waals surface area contributed by atoms with Crippen LogP contribution in [0.1, 0.15) is 18.9 Å². The van der Waals surface area contributed by atoms with E-state index in [2.05, 4.69) is 43.5 Å². The van der Waals surface area contributed by atoms with Crippen LogP contribution in [0.2, 0.25) is 0 Å². The number of nitrogens with zero attached hydrogens (tertiary/aromatic N) is 4. The number of anilines is 2. The number of ether oxygens (including phenoxy) is 1. The van der Waals surface area contributed by atoms with Crippen LogP contribution in [-0.4, -0.2) is 60.4 Å². The van der Waals surface area contributed by atoms with Crippen molar-refractivity contribution in [2.45, 2.75) is 38.0 Å². The van der Waals surface area contributed by atoms with E-state index in [-0.39, 0.29) is 12.1 Å². The highest BCUT2D eigenvalue weighted by Gasteiger charge is 2.34. The van der Waals surface area contributed by atoms with Crippen molar-refractivity contribution in [2.75, 3.05) is 37.5 Å². The van der Waals surface area contributed by atoms with Crippen molar-refractivity contribution >= 4 is 11.8 Å². The summed E-state index contributed by atoms with van der Waals surface area (Å²) in [6, 6.07) is 6.74. The number of pyridine rings is 1. The van der Waals surface area contributed by atoms with Crippen LogP contribution in [0.5, 0.6) is 0 Å². The fraction of sp³-hybridized carbons (Fsp3) is 0.526. The fourth-order valence-electron chi connectivity index (χ4n) is 3.38. The van der Waals surface area contributed by atoms with Crippen molar-refractivity contribution in [1.29, 1.82) is 0 Å². The number of methoxy groups -OCH3 is 1. The lowest BCUT2D eigenvalue weighted by atomic mass is 10.1. The molecule has 0 aromatic carbocycles. The van der Waals surface area contributed by atoms with E-state index in [4.69, 9.17) is 4.74 Å². The zero-order valence-corrected chi connectivity index (χ0v) is 15.7. The number of aromatic nitrogens is 3. The molecule has 3 atom stereocenters. The molecule has 2 aromatic heterocycles. The van der Waals surface area contributed by atoms with Gasteiger partial charge in [0.25, 0.3) is 0 Å². The number of rotatable bonds is 8. The van der Waals surface area contributed by atoms with Gasteiger partial charge in [-0.1, -0.05) is 6.07 Å². The Labute approximate surface area is 155 Å². The van der Waals surface area contributed by atoms with Gasteiger partial charge in [-0.05, 0) is 37.5 Å². The van der Waals surface area contributed by atoms with Crippen LogP contribution < -0.4 is 15.5 Å². The van der Waals surface area contributed by atoms with Gasteiger partial charge in [-0.25, -0.2) is 4.98 Å². The highest BCUT2D eigenvalue weighted by molar-refractivity contribution is 5.44. The lowest BCUT2D eigenvalue weighted by Gasteiger charge is -2.23. The van der Waals surface area contributed by atoms with E-state index < -0.39 is 0 Å². The Morgan fingerprint density at radius 2 is 2.19 bits per heavy atom. The SMILES string of the molecule is CNc1nccc(N2C[C@H](OC)[C@H](NC(C)CCc3cccnc3)C2)n1. The molecule has 2 aromatic rings. The number of hydrogen-bond donors (Lipinski definition) is 2. The second-order valence-electron chi connectivity index (χ2n) is 6.74. The number of hydrogen-bond acceptors (Lipinski definition) is 7. The van der Waals surface area contributed by atoms with Gasteiger partial charge < -0.3 is 20.3 Å². The second-order valence-corrected chi connectivity index (χ2v) is 6.74. The van der Waals surface area contributed by atoms with Gasteiger partial charge in [0, 0.05) is 51.9 Å². The molecular weight excluding hydrogens is 328 g/mol. The third-order valence-electron chi connectivity index (χ3n) is 4.84. The maximum atomic E-state index is 5.72. The number of nitrogens with one attached hydrogen (secondary N) is 2. The summed E-state index contributed by atoms with van der Waals surface area (Å²) in [5.41, 5.74) is 1.28. The summed E-state index contributed by atoms with van der Waals surface area (Å²) in [5, 5.41) is 6.72. The highest BCUT2D eigenvalue weighted by Crippen LogP contribution is 2.21. The lowest BCUT2D eigenvalue weighted by molar-refractivity contribution is 0.0935. The monoisotopic (exact) mass is 356 g/mol. The van der Waals surface area contributed by atoms with Crippen LogP contribution in [-0.2, 0) is 11.2 Å². The Kier molecular flexibility index (Phi) is 6.35. The Morgan fingerprint density at radius 3 is 2.92 bits per heavy atom. The van der Waals surface area contributed by atoms with E-state index >= 15 is 0 Å². The molecule has 0 radical (unpaired) electrons. The molecule has 140 valence electrons. The van der Waals surface area contributed by atoms with Crippen molar-refractivity contribution in [1.82, 2.24) is 20.3 Å². The van der Waals surface area contributed by atoms with Gasteiger partial charge in [-0.3, -0.25) is 4.98 Å². The molecule has 1 aliphatic rings. The van der Waals surface area contributed by atoms with E-state index in [0.29, 0.717) is 12.0 Å². The molecule has 0 aliphatic carbocycles. The summed E-state index contributed by atoms with van der Waals surface area (Å²) >= 11 is 0. The van der Waals surface area contributed by atoms with Crippen LogP contribution in [0.3, 0.4) is 0 Å². The van der Waals surface area contributed by atoms with Gasteiger partial charge >= 0.3 is 0 Å². The zero-order chi connectivity index (χ0) is 18.4. The van der Waals surface area contributed by atoms with Crippen molar-refractivity contribution in [2.24, 2.45) is 0 Å². The molecule has 1 unspecified atom stereocenters. The third-order valence-corrected chi connectivity index (χ3v) is 4.84. The van der Waals surface area contributed by atoms with E-state index in [1.54, 1.807) is 13.3 Å². The average molecular weight is 356 g/mol. The first kappa shape index (κ1) is 18.5. The summed E-state index contributed by atoms with van der Waals surface area (Å²) in [5.74, 6) is 1.57. The van der Waals surface area contributed by atoms with Gasteiger partial charge in [0.15, 0.2) is 0 Å². The Morgan fingerprint density at radius 1 is 1.31 bits per heavy atom. The maximum Gasteiger partial charge on any atom is 0.224 e. The van der Waals surface area contributed by atoms with Gasteiger partial charge in [0.1, 0.15) is 5.82 Å². The first-order valence-corrected chi connectivity index (χ1v) is 9.13. The smallest absolute Gasteiger partial charge is 0.224 e. The van der Waals surface area contributed by atoms with Crippen molar-refractivity contribution in [3.63, 3.8) is 0 Å². The standard InChI is InChI=1S/C19H28N6O/c1-14(6-7-15-5-4-9-21-11-15)23-16-12-25(13-17(16)26-3)18-8-10-22-19(20-2)24-18/h4-5,8-11,14,16-17,23H,6-7,12-13H2,1-3H3,(H,20,22,24)/t14?,16-,17+/m1/s1. The summed E-state index contributed by atoms with van der Waals surface area (Å²) in [6.07, 6.45) is 7.77. The largest absolute Gasteiger partial charge is 0.378 e. The number of aryl methyl sites for hydroxylation is 1. The van der Waals surface area contributed by atoms with Crippen LogP contribution in [0.15, 0.2) is 36.8 Å². The molecule has 0 amide bonds. The van der Waals surface area contributed by atoms with Gasteiger partial charge in [-0.2, -0.15) is 4.98 Å². The lowest BCUT2D eigenvalue weighted by Crippen LogP contribution is -2.44. The topological polar surface area (TPSA) is 75.2 Å². The Hall–Kier alpha value is -2.25. The molecule has 0 spiro atoms. The normalized spacial score (nSPS) is 21.0. The molecule has 3 heterocycles. The van der Waals surface area contributed by atoms with Gasteiger partial charge in [0.2, 0.25) is 5.95 Å². The predicted molar refractivity (Wildman–Crippen MR) is 104 cm³/mol. The summed E-state index contributed by atoms with van der Waals surface area (Å²) < 4.78 is 5.72. The molecule has 1 aliphatic heterocycles. The summed E-state index contributed by atoms with van der Waals surface area (Å²) in [4.78, 5) is 15.2. The first-order valence-electron chi connectivity index (χ1n) is 9.13. The van der Waals surface area contributed by atoms with Gasteiger partial charge in [0.05, 0.1) is 12.1 Å². The van der Waals surface area contributed by atoms with Crippen LogP contribution >= 0.6 is 0 Å². The fourth-order valence-corrected chi connectivity index (χ4v) is 3.38. The minimum absolute atomic E-state index is 0.142. The van der Waals surface area contributed by atoms with E-state index in [1.807, 2.05) is 31.6 Å². The highest BCUT2D eigenvalue weighted by atomic mass is 16.5.